The van der Waals surface area contributed by atoms with Crippen molar-refractivity contribution in [2.24, 2.45) is 5.92 Å². The van der Waals surface area contributed by atoms with Crippen LogP contribution in [0.2, 0.25) is 0 Å². The molecular formula is C25H32N2O4S. The molecule has 7 heteroatoms. The summed E-state index contributed by atoms with van der Waals surface area (Å²) in [6, 6.07) is 13.5. The highest BCUT2D eigenvalue weighted by Gasteiger charge is 2.38. The van der Waals surface area contributed by atoms with Gasteiger partial charge in [-0.3, -0.25) is 4.79 Å². The third-order valence-corrected chi connectivity index (χ3v) is 8.85. The Balaban J connectivity index is 1.42. The average Bonchev–Trinajstić information content (AvgIpc) is 3.28. The van der Waals surface area contributed by atoms with Gasteiger partial charge in [0, 0.05) is 25.6 Å². The van der Waals surface area contributed by atoms with Crippen molar-refractivity contribution in [3.8, 4) is 5.75 Å². The number of piperidine rings is 1. The topological polar surface area (TPSA) is 66.9 Å². The molecule has 32 heavy (non-hydrogen) atoms. The molecule has 0 saturated carbocycles. The van der Waals surface area contributed by atoms with Gasteiger partial charge in [-0.05, 0) is 68.9 Å². The molecule has 0 aliphatic carbocycles. The Labute approximate surface area is 191 Å². The second-order valence-electron chi connectivity index (χ2n) is 8.91. The molecule has 0 spiro atoms. The zero-order valence-electron chi connectivity index (χ0n) is 19.1. The van der Waals surface area contributed by atoms with E-state index in [-0.39, 0.29) is 17.9 Å². The van der Waals surface area contributed by atoms with Gasteiger partial charge in [0.2, 0.25) is 15.9 Å². The van der Waals surface area contributed by atoms with Crippen LogP contribution in [0.5, 0.6) is 5.75 Å². The fourth-order valence-electron chi connectivity index (χ4n) is 5.01. The molecule has 1 unspecified atom stereocenters. The molecule has 0 aromatic heterocycles. The van der Waals surface area contributed by atoms with Crippen LogP contribution in [0, 0.1) is 19.8 Å². The molecule has 4 rings (SSSR count). The van der Waals surface area contributed by atoms with Crippen LogP contribution < -0.4 is 4.74 Å². The Hall–Kier alpha value is -2.38. The van der Waals surface area contributed by atoms with Crippen LogP contribution in [0.1, 0.15) is 48.4 Å². The molecule has 2 heterocycles. The number of carbonyl (C=O) groups excluding carboxylic acids is 1. The first-order valence-corrected chi connectivity index (χ1v) is 12.8. The number of ether oxygens (including phenoxy) is 1. The Morgan fingerprint density at radius 3 is 2.28 bits per heavy atom. The number of sulfonamides is 1. The zero-order chi connectivity index (χ0) is 22.9. The number of amides is 1. The Morgan fingerprint density at radius 2 is 1.66 bits per heavy atom. The van der Waals surface area contributed by atoms with Gasteiger partial charge in [0.25, 0.3) is 0 Å². The van der Waals surface area contributed by atoms with Crippen molar-refractivity contribution in [3.05, 3.63) is 59.2 Å². The van der Waals surface area contributed by atoms with Gasteiger partial charge in [-0.15, -0.1) is 0 Å². The molecule has 0 bridgehead atoms. The highest BCUT2D eigenvalue weighted by Crippen LogP contribution is 2.36. The summed E-state index contributed by atoms with van der Waals surface area (Å²) < 4.78 is 33.1. The van der Waals surface area contributed by atoms with E-state index in [2.05, 4.69) is 0 Å². The van der Waals surface area contributed by atoms with E-state index in [0.29, 0.717) is 30.8 Å². The summed E-state index contributed by atoms with van der Waals surface area (Å²) in [6.45, 7) is 5.32. The van der Waals surface area contributed by atoms with Gasteiger partial charge in [-0.2, -0.15) is 4.31 Å². The lowest BCUT2D eigenvalue weighted by Crippen LogP contribution is -2.44. The monoisotopic (exact) mass is 456 g/mol. The molecule has 2 aromatic rings. The predicted molar refractivity (Wildman–Crippen MR) is 124 cm³/mol. The van der Waals surface area contributed by atoms with Crippen molar-refractivity contribution in [1.82, 2.24) is 9.21 Å². The number of rotatable bonds is 5. The van der Waals surface area contributed by atoms with Gasteiger partial charge in [0.1, 0.15) is 5.75 Å². The smallest absolute Gasteiger partial charge is 0.243 e. The molecular weight excluding hydrogens is 424 g/mol. The maximum atomic E-state index is 13.4. The fraction of sp³-hybridized carbons (Fsp3) is 0.480. The highest BCUT2D eigenvalue weighted by atomic mass is 32.2. The summed E-state index contributed by atoms with van der Waals surface area (Å²) in [5, 5.41) is 0. The minimum Gasteiger partial charge on any atom is -0.497 e. The fourth-order valence-corrected chi connectivity index (χ4v) is 6.68. The molecule has 0 radical (unpaired) electrons. The molecule has 1 amide bonds. The predicted octanol–water partition coefficient (Wildman–Crippen LogP) is 4.08. The van der Waals surface area contributed by atoms with Crippen LogP contribution in [0.15, 0.2) is 47.4 Å². The summed E-state index contributed by atoms with van der Waals surface area (Å²) in [6.07, 6.45) is 3.07. The lowest BCUT2D eigenvalue weighted by atomic mass is 9.95. The van der Waals surface area contributed by atoms with E-state index in [9.17, 15) is 13.2 Å². The van der Waals surface area contributed by atoms with E-state index in [1.54, 1.807) is 17.5 Å². The van der Waals surface area contributed by atoms with Crippen molar-refractivity contribution in [1.29, 1.82) is 0 Å². The molecule has 2 aliphatic heterocycles. The van der Waals surface area contributed by atoms with Crippen LogP contribution in [0.3, 0.4) is 0 Å². The standard InChI is InChI=1S/C25H32N2O4S/c1-18-6-11-24(19(2)17-18)32(29,30)26-15-12-21(13-16-26)25(28)27-14-4-5-23(27)20-7-9-22(31-3)10-8-20/h6-11,17,21,23H,4-5,12-16H2,1-3H3. The molecule has 0 N–H and O–H groups in total. The van der Waals surface area contributed by atoms with Gasteiger partial charge in [-0.25, -0.2) is 8.42 Å². The summed E-state index contributed by atoms with van der Waals surface area (Å²) in [7, 11) is -1.90. The van der Waals surface area contributed by atoms with E-state index in [4.69, 9.17) is 4.74 Å². The van der Waals surface area contributed by atoms with E-state index in [1.807, 2.05) is 55.1 Å². The molecule has 1 atom stereocenters. The van der Waals surface area contributed by atoms with Crippen LogP contribution in [0.25, 0.3) is 0 Å². The zero-order valence-corrected chi connectivity index (χ0v) is 19.9. The molecule has 6 nitrogen and oxygen atoms in total. The van der Waals surface area contributed by atoms with Crippen LogP contribution in [0.4, 0.5) is 0 Å². The first kappa shape index (κ1) is 22.8. The number of hydrogen-bond acceptors (Lipinski definition) is 4. The number of benzene rings is 2. The van der Waals surface area contributed by atoms with E-state index >= 15 is 0 Å². The normalized spacial score (nSPS) is 20.5. The van der Waals surface area contributed by atoms with Crippen LogP contribution in [-0.4, -0.2) is 50.3 Å². The van der Waals surface area contributed by atoms with E-state index in [0.717, 1.165) is 41.8 Å². The number of hydrogen-bond donors (Lipinski definition) is 0. The Kier molecular flexibility index (Phi) is 6.58. The Morgan fingerprint density at radius 1 is 0.969 bits per heavy atom. The maximum Gasteiger partial charge on any atom is 0.243 e. The van der Waals surface area contributed by atoms with Gasteiger partial charge in [-0.1, -0.05) is 29.8 Å². The van der Waals surface area contributed by atoms with Gasteiger partial charge in [0.15, 0.2) is 0 Å². The van der Waals surface area contributed by atoms with Gasteiger partial charge in [0.05, 0.1) is 18.0 Å². The van der Waals surface area contributed by atoms with E-state index < -0.39 is 10.0 Å². The number of carbonyl (C=O) groups is 1. The third-order valence-electron chi connectivity index (χ3n) is 6.79. The maximum absolute atomic E-state index is 13.4. The van der Waals surface area contributed by atoms with Gasteiger partial charge >= 0.3 is 0 Å². The number of nitrogens with zero attached hydrogens (tertiary/aromatic N) is 2. The summed E-state index contributed by atoms with van der Waals surface area (Å²) in [5.41, 5.74) is 2.94. The highest BCUT2D eigenvalue weighted by molar-refractivity contribution is 7.89. The quantitative estimate of drug-likeness (QED) is 0.680. The van der Waals surface area contributed by atoms with Crippen LogP contribution in [-0.2, 0) is 14.8 Å². The van der Waals surface area contributed by atoms with Crippen molar-refractivity contribution in [2.45, 2.75) is 50.5 Å². The minimum atomic E-state index is -3.54. The largest absolute Gasteiger partial charge is 0.497 e. The van der Waals surface area contributed by atoms with Crippen molar-refractivity contribution < 1.29 is 17.9 Å². The first-order valence-electron chi connectivity index (χ1n) is 11.3. The number of aryl methyl sites for hydroxylation is 2. The molecule has 2 aromatic carbocycles. The molecule has 2 fully saturated rings. The van der Waals surface area contributed by atoms with Crippen molar-refractivity contribution in [3.63, 3.8) is 0 Å². The molecule has 2 aliphatic rings. The molecule has 172 valence electrons. The summed E-state index contributed by atoms with van der Waals surface area (Å²) in [4.78, 5) is 15.7. The van der Waals surface area contributed by atoms with E-state index in [1.165, 1.54) is 0 Å². The van der Waals surface area contributed by atoms with Crippen LogP contribution >= 0.6 is 0 Å². The molecule has 2 saturated heterocycles. The first-order chi connectivity index (χ1) is 15.3. The average molecular weight is 457 g/mol. The third kappa shape index (κ3) is 4.41. The summed E-state index contributed by atoms with van der Waals surface area (Å²) in [5.74, 6) is 0.841. The van der Waals surface area contributed by atoms with Crippen molar-refractivity contribution in [2.75, 3.05) is 26.7 Å². The number of likely N-dealkylation sites (tertiary alicyclic amines) is 1. The van der Waals surface area contributed by atoms with Gasteiger partial charge < -0.3 is 9.64 Å². The summed E-state index contributed by atoms with van der Waals surface area (Å²) >= 11 is 0. The lowest BCUT2D eigenvalue weighted by Gasteiger charge is -2.34. The lowest BCUT2D eigenvalue weighted by molar-refractivity contribution is -0.137. The Bertz CT molecular complexity index is 1070. The second-order valence-corrected chi connectivity index (χ2v) is 10.8. The van der Waals surface area contributed by atoms with Crippen molar-refractivity contribution >= 4 is 15.9 Å². The SMILES string of the molecule is COc1ccc(C2CCCN2C(=O)C2CCN(S(=O)(=O)c3ccc(C)cc3C)CC2)cc1. The second kappa shape index (κ2) is 9.24. The minimum absolute atomic E-state index is 0.0883. The number of methoxy groups -OCH3 is 1.